The number of rotatable bonds is 4. The first kappa shape index (κ1) is 12.4. The van der Waals surface area contributed by atoms with Crippen LogP contribution in [0.5, 0.6) is 0 Å². The molecule has 1 N–H and O–H groups in total. The van der Waals surface area contributed by atoms with Crippen LogP contribution in [0.2, 0.25) is 0 Å². The molecule has 1 aromatic heterocycles. The summed E-state index contributed by atoms with van der Waals surface area (Å²) in [6.07, 6.45) is 1.21. The zero-order valence-electron chi connectivity index (χ0n) is 10.0. The molecular formula is C11H17N3O2. The smallest absolute Gasteiger partial charge is 0.253 e. The van der Waals surface area contributed by atoms with Gasteiger partial charge in [-0.25, -0.2) is 4.98 Å². The molecule has 88 valence electrons. The summed E-state index contributed by atoms with van der Waals surface area (Å²) < 4.78 is 4.94. The minimum Gasteiger partial charge on any atom is -0.372 e. The summed E-state index contributed by atoms with van der Waals surface area (Å²) in [6.45, 7) is 1.70. The molecule has 0 saturated carbocycles. The number of hydrogen-bond acceptors (Lipinski definition) is 4. The molecule has 0 aromatic carbocycles. The third kappa shape index (κ3) is 2.93. The van der Waals surface area contributed by atoms with Gasteiger partial charge in [-0.05, 0) is 19.1 Å². The second-order valence-electron chi connectivity index (χ2n) is 3.64. The van der Waals surface area contributed by atoms with E-state index in [1.807, 2.05) is 25.1 Å². The fourth-order valence-electron chi connectivity index (χ4n) is 1.19. The van der Waals surface area contributed by atoms with Gasteiger partial charge in [0.15, 0.2) is 5.82 Å². The molecule has 0 fully saturated rings. The SMILES string of the molecule is COC(C)C(=O)Nc1cccnc1N(C)C. The lowest BCUT2D eigenvalue weighted by molar-refractivity contribution is -0.124. The van der Waals surface area contributed by atoms with Crippen LogP contribution >= 0.6 is 0 Å². The second-order valence-corrected chi connectivity index (χ2v) is 3.64. The number of ether oxygens (including phenoxy) is 1. The van der Waals surface area contributed by atoms with Crippen molar-refractivity contribution in [3.8, 4) is 0 Å². The van der Waals surface area contributed by atoms with Crippen LogP contribution in [0.25, 0.3) is 0 Å². The van der Waals surface area contributed by atoms with Crippen molar-refractivity contribution in [1.29, 1.82) is 0 Å². The van der Waals surface area contributed by atoms with Gasteiger partial charge in [0.05, 0.1) is 5.69 Å². The average molecular weight is 223 g/mol. The Kier molecular flexibility index (Phi) is 4.25. The quantitative estimate of drug-likeness (QED) is 0.831. The van der Waals surface area contributed by atoms with Crippen molar-refractivity contribution in [2.45, 2.75) is 13.0 Å². The van der Waals surface area contributed by atoms with Crippen LogP contribution in [0.1, 0.15) is 6.92 Å². The van der Waals surface area contributed by atoms with Crippen LogP contribution in [-0.4, -0.2) is 38.2 Å². The van der Waals surface area contributed by atoms with E-state index in [0.29, 0.717) is 5.69 Å². The monoisotopic (exact) mass is 223 g/mol. The highest BCUT2D eigenvalue weighted by Crippen LogP contribution is 2.20. The van der Waals surface area contributed by atoms with Gasteiger partial charge in [0, 0.05) is 27.4 Å². The standard InChI is InChI=1S/C11H17N3O2/c1-8(16-4)11(15)13-9-6-5-7-12-10(9)14(2)3/h5-8H,1-4H3,(H,13,15). The van der Waals surface area contributed by atoms with Gasteiger partial charge in [0.25, 0.3) is 5.91 Å². The molecule has 1 aromatic rings. The second kappa shape index (κ2) is 5.46. The molecular weight excluding hydrogens is 206 g/mol. The lowest BCUT2D eigenvalue weighted by Crippen LogP contribution is -2.27. The lowest BCUT2D eigenvalue weighted by atomic mass is 10.3. The minimum absolute atomic E-state index is 0.182. The number of amides is 1. The summed E-state index contributed by atoms with van der Waals surface area (Å²) >= 11 is 0. The van der Waals surface area contributed by atoms with Crippen LogP contribution in [0.4, 0.5) is 11.5 Å². The third-order valence-corrected chi connectivity index (χ3v) is 2.19. The van der Waals surface area contributed by atoms with Gasteiger partial charge in [-0.15, -0.1) is 0 Å². The number of nitrogens with one attached hydrogen (secondary N) is 1. The number of aromatic nitrogens is 1. The van der Waals surface area contributed by atoms with Gasteiger partial charge in [0.2, 0.25) is 0 Å². The first-order valence-electron chi connectivity index (χ1n) is 5.02. The predicted molar refractivity (Wildman–Crippen MR) is 63.7 cm³/mol. The molecule has 16 heavy (non-hydrogen) atoms. The van der Waals surface area contributed by atoms with Gasteiger partial charge in [-0.1, -0.05) is 0 Å². The number of hydrogen-bond donors (Lipinski definition) is 1. The molecule has 1 heterocycles. The predicted octanol–water partition coefficient (Wildman–Crippen LogP) is 1.12. The molecule has 5 heteroatoms. The van der Waals surface area contributed by atoms with Crippen LogP contribution in [0.3, 0.4) is 0 Å². The summed E-state index contributed by atoms with van der Waals surface area (Å²) in [6, 6.07) is 3.59. The Hall–Kier alpha value is -1.62. The number of methoxy groups -OCH3 is 1. The van der Waals surface area contributed by atoms with E-state index in [2.05, 4.69) is 10.3 Å². The van der Waals surface area contributed by atoms with E-state index in [-0.39, 0.29) is 5.91 Å². The summed E-state index contributed by atoms with van der Waals surface area (Å²) in [5, 5.41) is 2.77. The molecule has 0 bridgehead atoms. The van der Waals surface area contributed by atoms with Crippen LogP contribution < -0.4 is 10.2 Å². The number of carbonyl (C=O) groups is 1. The zero-order valence-corrected chi connectivity index (χ0v) is 10.0. The van der Waals surface area contributed by atoms with E-state index in [1.165, 1.54) is 7.11 Å². The van der Waals surface area contributed by atoms with Crippen molar-refractivity contribution in [2.24, 2.45) is 0 Å². The van der Waals surface area contributed by atoms with E-state index in [1.54, 1.807) is 19.2 Å². The Bertz CT molecular complexity index is 366. The highest BCUT2D eigenvalue weighted by atomic mass is 16.5. The normalized spacial score (nSPS) is 12.0. The maximum atomic E-state index is 11.6. The van der Waals surface area contributed by atoms with Gasteiger partial charge < -0.3 is 15.0 Å². The Morgan fingerprint density at radius 2 is 2.25 bits per heavy atom. The number of carbonyl (C=O) groups excluding carboxylic acids is 1. The van der Waals surface area contributed by atoms with Crippen molar-refractivity contribution < 1.29 is 9.53 Å². The molecule has 0 saturated heterocycles. The van der Waals surface area contributed by atoms with Crippen molar-refractivity contribution in [3.05, 3.63) is 18.3 Å². The first-order chi connectivity index (χ1) is 7.56. The van der Waals surface area contributed by atoms with Gasteiger partial charge in [-0.3, -0.25) is 4.79 Å². The molecule has 5 nitrogen and oxygen atoms in total. The maximum Gasteiger partial charge on any atom is 0.253 e. The lowest BCUT2D eigenvalue weighted by Gasteiger charge is -2.17. The first-order valence-corrected chi connectivity index (χ1v) is 5.02. The summed E-state index contributed by atoms with van der Waals surface area (Å²) in [7, 11) is 5.25. The number of pyridine rings is 1. The van der Waals surface area contributed by atoms with E-state index >= 15 is 0 Å². The number of nitrogens with zero attached hydrogens (tertiary/aromatic N) is 2. The maximum absolute atomic E-state index is 11.6. The molecule has 0 radical (unpaired) electrons. The molecule has 1 amide bonds. The fraction of sp³-hybridized carbons (Fsp3) is 0.455. The van der Waals surface area contributed by atoms with E-state index < -0.39 is 6.10 Å². The van der Waals surface area contributed by atoms with Gasteiger partial charge >= 0.3 is 0 Å². The average Bonchev–Trinajstić information content (AvgIpc) is 2.28. The highest BCUT2D eigenvalue weighted by Gasteiger charge is 2.14. The van der Waals surface area contributed by atoms with Gasteiger partial charge in [-0.2, -0.15) is 0 Å². The molecule has 0 spiro atoms. The molecule has 1 atom stereocenters. The Morgan fingerprint density at radius 3 is 2.81 bits per heavy atom. The largest absolute Gasteiger partial charge is 0.372 e. The highest BCUT2D eigenvalue weighted by molar-refractivity contribution is 5.96. The molecule has 1 rings (SSSR count). The molecule has 0 aliphatic heterocycles. The minimum atomic E-state index is -0.477. The Morgan fingerprint density at radius 1 is 1.56 bits per heavy atom. The van der Waals surface area contributed by atoms with Crippen molar-refractivity contribution in [1.82, 2.24) is 4.98 Å². The Labute approximate surface area is 95.4 Å². The van der Waals surface area contributed by atoms with Crippen LogP contribution in [0, 0.1) is 0 Å². The molecule has 0 aliphatic carbocycles. The Balaban J connectivity index is 2.84. The molecule has 1 unspecified atom stereocenters. The van der Waals surface area contributed by atoms with Gasteiger partial charge in [0.1, 0.15) is 6.10 Å². The summed E-state index contributed by atoms with van der Waals surface area (Å²) in [5.74, 6) is 0.540. The topological polar surface area (TPSA) is 54.5 Å². The van der Waals surface area contributed by atoms with E-state index in [9.17, 15) is 4.79 Å². The summed E-state index contributed by atoms with van der Waals surface area (Å²) in [4.78, 5) is 17.7. The summed E-state index contributed by atoms with van der Waals surface area (Å²) in [5.41, 5.74) is 0.682. The zero-order chi connectivity index (χ0) is 12.1. The third-order valence-electron chi connectivity index (χ3n) is 2.19. The number of anilines is 2. The van der Waals surface area contributed by atoms with Crippen molar-refractivity contribution in [3.63, 3.8) is 0 Å². The fourth-order valence-corrected chi connectivity index (χ4v) is 1.19. The van der Waals surface area contributed by atoms with Crippen LogP contribution in [-0.2, 0) is 9.53 Å². The molecule has 0 aliphatic rings. The van der Waals surface area contributed by atoms with E-state index in [0.717, 1.165) is 5.82 Å². The van der Waals surface area contributed by atoms with Crippen molar-refractivity contribution >= 4 is 17.4 Å². The van der Waals surface area contributed by atoms with E-state index in [4.69, 9.17) is 4.74 Å². The van der Waals surface area contributed by atoms with Crippen molar-refractivity contribution in [2.75, 3.05) is 31.4 Å². The van der Waals surface area contributed by atoms with Crippen LogP contribution in [0.15, 0.2) is 18.3 Å².